The second-order valence-electron chi connectivity index (χ2n) is 6.96. The summed E-state index contributed by atoms with van der Waals surface area (Å²) >= 11 is 0. The van der Waals surface area contributed by atoms with E-state index < -0.39 is 0 Å². The molecular formula is C21H27FN2. The van der Waals surface area contributed by atoms with Crippen LogP contribution < -0.4 is 0 Å². The van der Waals surface area contributed by atoms with Crippen LogP contribution in [0, 0.1) is 5.82 Å². The van der Waals surface area contributed by atoms with Gasteiger partial charge in [0.15, 0.2) is 0 Å². The summed E-state index contributed by atoms with van der Waals surface area (Å²) in [5, 5.41) is 0. The van der Waals surface area contributed by atoms with Gasteiger partial charge in [-0.05, 0) is 54.8 Å². The van der Waals surface area contributed by atoms with Crippen LogP contribution in [0.5, 0.6) is 0 Å². The lowest BCUT2D eigenvalue weighted by molar-refractivity contribution is 0.151. The molecule has 2 nitrogen and oxygen atoms in total. The maximum absolute atomic E-state index is 13.0. The smallest absolute Gasteiger partial charge is 0.123 e. The summed E-state index contributed by atoms with van der Waals surface area (Å²) < 4.78 is 13.0. The third kappa shape index (κ3) is 4.43. The zero-order valence-electron chi connectivity index (χ0n) is 14.7. The summed E-state index contributed by atoms with van der Waals surface area (Å²) in [6.07, 6.45) is 1.19. The molecule has 0 amide bonds. The number of hydrogen-bond acceptors (Lipinski definition) is 2. The Labute approximate surface area is 144 Å². The van der Waals surface area contributed by atoms with Crippen molar-refractivity contribution in [1.29, 1.82) is 0 Å². The van der Waals surface area contributed by atoms with Crippen molar-refractivity contribution in [3.8, 4) is 11.1 Å². The van der Waals surface area contributed by atoms with Gasteiger partial charge in [-0.2, -0.15) is 0 Å². The van der Waals surface area contributed by atoms with Crippen LogP contribution in [0.4, 0.5) is 4.39 Å². The van der Waals surface area contributed by atoms with Crippen molar-refractivity contribution in [2.45, 2.75) is 19.3 Å². The van der Waals surface area contributed by atoms with Crippen molar-refractivity contribution in [3.63, 3.8) is 0 Å². The molecule has 3 rings (SSSR count). The second kappa shape index (κ2) is 7.91. The van der Waals surface area contributed by atoms with Crippen molar-refractivity contribution in [2.75, 3.05) is 39.8 Å². The molecule has 0 aliphatic carbocycles. The van der Waals surface area contributed by atoms with E-state index in [1.807, 2.05) is 12.1 Å². The van der Waals surface area contributed by atoms with Crippen molar-refractivity contribution in [3.05, 3.63) is 59.9 Å². The van der Waals surface area contributed by atoms with Gasteiger partial charge >= 0.3 is 0 Å². The van der Waals surface area contributed by atoms with Crippen LogP contribution >= 0.6 is 0 Å². The van der Waals surface area contributed by atoms with Gasteiger partial charge in [0.2, 0.25) is 0 Å². The first-order valence-corrected chi connectivity index (χ1v) is 8.88. The van der Waals surface area contributed by atoms with E-state index >= 15 is 0 Å². The van der Waals surface area contributed by atoms with E-state index in [9.17, 15) is 4.39 Å². The third-order valence-corrected chi connectivity index (χ3v) is 5.13. The Balaban J connectivity index is 1.55. The minimum absolute atomic E-state index is 0.187. The number of hydrogen-bond donors (Lipinski definition) is 0. The fourth-order valence-corrected chi connectivity index (χ4v) is 3.26. The predicted molar refractivity (Wildman–Crippen MR) is 98.8 cm³/mol. The minimum atomic E-state index is -0.187. The number of nitrogens with zero attached hydrogens (tertiary/aromatic N) is 2. The Morgan fingerprint density at radius 3 is 2.00 bits per heavy atom. The Bertz CT molecular complexity index is 628. The van der Waals surface area contributed by atoms with E-state index in [0.29, 0.717) is 5.92 Å². The minimum Gasteiger partial charge on any atom is -0.304 e. The molecular weight excluding hydrogens is 299 g/mol. The molecule has 3 heteroatoms. The Morgan fingerprint density at radius 1 is 0.875 bits per heavy atom. The highest BCUT2D eigenvalue weighted by Gasteiger charge is 2.15. The van der Waals surface area contributed by atoms with E-state index in [4.69, 9.17) is 0 Å². The molecule has 24 heavy (non-hydrogen) atoms. The van der Waals surface area contributed by atoms with E-state index in [1.54, 1.807) is 0 Å². The molecule has 1 aliphatic rings. The largest absolute Gasteiger partial charge is 0.304 e. The van der Waals surface area contributed by atoms with Crippen LogP contribution in [-0.2, 0) is 0 Å². The van der Waals surface area contributed by atoms with Gasteiger partial charge in [0.25, 0.3) is 0 Å². The molecule has 1 aliphatic heterocycles. The predicted octanol–water partition coefficient (Wildman–Crippen LogP) is 4.23. The SMILES string of the molecule is CC(CCN1CCN(C)CC1)c1ccc(-c2ccc(F)cc2)cc1. The normalized spacial score (nSPS) is 17.8. The highest BCUT2D eigenvalue weighted by atomic mass is 19.1. The molecule has 0 spiro atoms. The first kappa shape index (κ1) is 17.1. The summed E-state index contributed by atoms with van der Waals surface area (Å²) in [6.45, 7) is 8.22. The lowest BCUT2D eigenvalue weighted by Gasteiger charge is -2.32. The van der Waals surface area contributed by atoms with Gasteiger partial charge in [-0.3, -0.25) is 0 Å². The van der Waals surface area contributed by atoms with Gasteiger partial charge in [-0.25, -0.2) is 4.39 Å². The summed E-state index contributed by atoms with van der Waals surface area (Å²) in [7, 11) is 2.20. The van der Waals surface area contributed by atoms with E-state index in [0.717, 1.165) is 11.1 Å². The highest BCUT2D eigenvalue weighted by molar-refractivity contribution is 5.63. The van der Waals surface area contributed by atoms with Crippen molar-refractivity contribution >= 4 is 0 Å². The lowest BCUT2D eigenvalue weighted by atomic mass is 9.95. The Morgan fingerprint density at radius 2 is 1.42 bits per heavy atom. The molecule has 1 atom stereocenters. The van der Waals surface area contributed by atoms with Crippen LogP contribution in [0.25, 0.3) is 11.1 Å². The quantitative estimate of drug-likeness (QED) is 0.811. The Hall–Kier alpha value is -1.71. The molecule has 128 valence electrons. The van der Waals surface area contributed by atoms with Crippen LogP contribution in [0.15, 0.2) is 48.5 Å². The number of rotatable bonds is 5. The van der Waals surface area contributed by atoms with Gasteiger partial charge in [0.1, 0.15) is 5.82 Å². The van der Waals surface area contributed by atoms with Gasteiger partial charge < -0.3 is 9.80 Å². The van der Waals surface area contributed by atoms with Crippen molar-refractivity contribution < 1.29 is 4.39 Å². The molecule has 0 aromatic heterocycles. The van der Waals surface area contributed by atoms with Gasteiger partial charge in [0.05, 0.1) is 0 Å². The van der Waals surface area contributed by atoms with Gasteiger partial charge in [-0.1, -0.05) is 43.3 Å². The molecule has 1 unspecified atom stereocenters. The molecule has 2 aromatic carbocycles. The number of likely N-dealkylation sites (N-methyl/N-ethyl adjacent to an activating group) is 1. The lowest BCUT2D eigenvalue weighted by Crippen LogP contribution is -2.44. The monoisotopic (exact) mass is 326 g/mol. The summed E-state index contributed by atoms with van der Waals surface area (Å²) in [5.74, 6) is 0.375. The number of benzene rings is 2. The molecule has 0 bridgehead atoms. The average molecular weight is 326 g/mol. The van der Waals surface area contributed by atoms with Crippen LogP contribution in [0.2, 0.25) is 0 Å². The standard InChI is InChI=1S/C21H27FN2/c1-17(11-12-24-15-13-23(2)14-16-24)18-3-5-19(6-4-18)20-7-9-21(22)10-8-20/h3-10,17H,11-16H2,1-2H3. The maximum Gasteiger partial charge on any atom is 0.123 e. The molecule has 1 fully saturated rings. The first-order chi connectivity index (χ1) is 11.6. The number of halogens is 1. The van der Waals surface area contributed by atoms with Crippen molar-refractivity contribution in [1.82, 2.24) is 9.80 Å². The highest BCUT2D eigenvalue weighted by Crippen LogP contribution is 2.25. The third-order valence-electron chi connectivity index (χ3n) is 5.13. The van der Waals surface area contributed by atoms with Crippen LogP contribution in [0.3, 0.4) is 0 Å². The van der Waals surface area contributed by atoms with E-state index in [2.05, 4.69) is 48.0 Å². The topological polar surface area (TPSA) is 6.48 Å². The summed E-state index contributed by atoms with van der Waals surface area (Å²) in [6, 6.07) is 15.4. The molecule has 2 aromatic rings. The van der Waals surface area contributed by atoms with Crippen LogP contribution in [-0.4, -0.2) is 49.6 Å². The molecule has 0 N–H and O–H groups in total. The zero-order chi connectivity index (χ0) is 16.9. The second-order valence-corrected chi connectivity index (χ2v) is 6.96. The maximum atomic E-state index is 13.0. The number of piperazine rings is 1. The van der Waals surface area contributed by atoms with Crippen LogP contribution in [0.1, 0.15) is 24.8 Å². The van der Waals surface area contributed by atoms with Crippen molar-refractivity contribution in [2.24, 2.45) is 0 Å². The summed E-state index contributed by atoms with van der Waals surface area (Å²) in [4.78, 5) is 4.97. The summed E-state index contributed by atoms with van der Waals surface area (Å²) in [5.41, 5.74) is 3.59. The fraction of sp³-hybridized carbons (Fsp3) is 0.429. The van der Waals surface area contributed by atoms with E-state index in [-0.39, 0.29) is 5.82 Å². The molecule has 0 saturated carbocycles. The fourth-order valence-electron chi connectivity index (χ4n) is 3.26. The molecule has 0 radical (unpaired) electrons. The first-order valence-electron chi connectivity index (χ1n) is 8.88. The molecule has 1 heterocycles. The van der Waals surface area contributed by atoms with E-state index in [1.165, 1.54) is 56.8 Å². The van der Waals surface area contributed by atoms with Gasteiger partial charge in [-0.15, -0.1) is 0 Å². The molecule has 1 saturated heterocycles. The Kier molecular flexibility index (Phi) is 5.64. The zero-order valence-corrected chi connectivity index (χ0v) is 14.7. The average Bonchev–Trinajstić information content (AvgIpc) is 2.62. The van der Waals surface area contributed by atoms with Gasteiger partial charge in [0, 0.05) is 26.2 Å².